The molecule has 1 saturated heterocycles. The summed E-state index contributed by atoms with van der Waals surface area (Å²) in [6.07, 6.45) is 3.73. The SMILES string of the molecule is CCNC(=O)c1cccc(N2CCCCC2)n1. The summed E-state index contributed by atoms with van der Waals surface area (Å²) in [6.45, 7) is 4.64. The van der Waals surface area contributed by atoms with Crippen molar-refractivity contribution in [2.24, 2.45) is 0 Å². The first-order valence-corrected chi connectivity index (χ1v) is 6.31. The molecule has 0 bridgehead atoms. The van der Waals surface area contributed by atoms with Gasteiger partial charge in [0.15, 0.2) is 0 Å². The van der Waals surface area contributed by atoms with E-state index in [4.69, 9.17) is 0 Å². The Morgan fingerprint density at radius 3 is 2.82 bits per heavy atom. The van der Waals surface area contributed by atoms with Crippen LogP contribution in [0.2, 0.25) is 0 Å². The zero-order valence-electron chi connectivity index (χ0n) is 10.3. The van der Waals surface area contributed by atoms with Gasteiger partial charge in [0.25, 0.3) is 5.91 Å². The molecule has 1 aromatic rings. The molecule has 1 aromatic heterocycles. The van der Waals surface area contributed by atoms with Gasteiger partial charge in [0.05, 0.1) is 0 Å². The van der Waals surface area contributed by atoms with Crippen LogP contribution in [0.5, 0.6) is 0 Å². The van der Waals surface area contributed by atoms with Gasteiger partial charge in [-0.3, -0.25) is 4.79 Å². The molecule has 4 nitrogen and oxygen atoms in total. The van der Waals surface area contributed by atoms with Crippen LogP contribution in [0.15, 0.2) is 18.2 Å². The van der Waals surface area contributed by atoms with E-state index in [9.17, 15) is 4.79 Å². The van der Waals surface area contributed by atoms with Crippen LogP contribution in [0.3, 0.4) is 0 Å². The lowest BCUT2D eigenvalue weighted by molar-refractivity contribution is 0.0951. The first kappa shape index (κ1) is 11.9. The van der Waals surface area contributed by atoms with E-state index in [2.05, 4.69) is 15.2 Å². The van der Waals surface area contributed by atoms with Gasteiger partial charge in [-0.2, -0.15) is 0 Å². The monoisotopic (exact) mass is 233 g/mol. The molecule has 0 unspecified atom stereocenters. The molecular weight excluding hydrogens is 214 g/mol. The Hall–Kier alpha value is -1.58. The van der Waals surface area contributed by atoms with E-state index < -0.39 is 0 Å². The largest absolute Gasteiger partial charge is 0.357 e. The van der Waals surface area contributed by atoms with Crippen molar-refractivity contribution in [2.45, 2.75) is 26.2 Å². The van der Waals surface area contributed by atoms with Gasteiger partial charge in [-0.1, -0.05) is 6.07 Å². The van der Waals surface area contributed by atoms with Gasteiger partial charge >= 0.3 is 0 Å². The molecule has 1 fully saturated rings. The second-order valence-corrected chi connectivity index (χ2v) is 4.29. The zero-order chi connectivity index (χ0) is 12.1. The number of hydrogen-bond donors (Lipinski definition) is 1. The van der Waals surface area contributed by atoms with Crippen molar-refractivity contribution in [1.82, 2.24) is 10.3 Å². The first-order valence-electron chi connectivity index (χ1n) is 6.31. The highest BCUT2D eigenvalue weighted by atomic mass is 16.1. The Kier molecular flexibility index (Phi) is 3.96. The lowest BCUT2D eigenvalue weighted by Gasteiger charge is -2.27. The molecule has 1 aliphatic heterocycles. The number of hydrogen-bond acceptors (Lipinski definition) is 3. The van der Waals surface area contributed by atoms with E-state index in [1.54, 1.807) is 6.07 Å². The van der Waals surface area contributed by atoms with Crippen molar-refractivity contribution in [1.29, 1.82) is 0 Å². The number of amides is 1. The maximum absolute atomic E-state index is 11.7. The molecule has 0 spiro atoms. The smallest absolute Gasteiger partial charge is 0.269 e. The number of carbonyl (C=O) groups excluding carboxylic acids is 1. The molecule has 1 N–H and O–H groups in total. The highest BCUT2D eigenvalue weighted by Gasteiger charge is 2.13. The highest BCUT2D eigenvalue weighted by Crippen LogP contribution is 2.17. The van der Waals surface area contributed by atoms with E-state index >= 15 is 0 Å². The van der Waals surface area contributed by atoms with Crippen molar-refractivity contribution in [3.8, 4) is 0 Å². The van der Waals surface area contributed by atoms with Crippen molar-refractivity contribution >= 4 is 11.7 Å². The fourth-order valence-corrected chi connectivity index (χ4v) is 2.10. The average molecular weight is 233 g/mol. The van der Waals surface area contributed by atoms with E-state index in [0.29, 0.717) is 12.2 Å². The number of nitrogens with zero attached hydrogens (tertiary/aromatic N) is 2. The third kappa shape index (κ3) is 2.96. The van der Waals surface area contributed by atoms with Crippen molar-refractivity contribution in [3.63, 3.8) is 0 Å². The standard InChI is InChI=1S/C13H19N3O/c1-2-14-13(17)11-7-6-8-12(15-11)16-9-4-3-5-10-16/h6-8H,2-5,9-10H2,1H3,(H,14,17). The van der Waals surface area contributed by atoms with Crippen LogP contribution in [0.4, 0.5) is 5.82 Å². The molecule has 0 radical (unpaired) electrons. The lowest BCUT2D eigenvalue weighted by Crippen LogP contribution is -2.31. The van der Waals surface area contributed by atoms with Crippen LogP contribution >= 0.6 is 0 Å². The van der Waals surface area contributed by atoms with Crippen LogP contribution in [-0.2, 0) is 0 Å². The molecular formula is C13H19N3O. The molecule has 1 aliphatic rings. The predicted octanol–water partition coefficient (Wildman–Crippen LogP) is 1.82. The summed E-state index contributed by atoms with van der Waals surface area (Å²) in [5.74, 6) is 0.833. The maximum Gasteiger partial charge on any atom is 0.269 e. The lowest BCUT2D eigenvalue weighted by atomic mass is 10.1. The Labute approximate surface area is 102 Å². The van der Waals surface area contributed by atoms with Crippen molar-refractivity contribution in [3.05, 3.63) is 23.9 Å². The number of nitrogens with one attached hydrogen (secondary N) is 1. The average Bonchev–Trinajstić information content (AvgIpc) is 2.40. The molecule has 17 heavy (non-hydrogen) atoms. The molecule has 0 saturated carbocycles. The number of anilines is 1. The number of piperidine rings is 1. The summed E-state index contributed by atoms with van der Waals surface area (Å²) >= 11 is 0. The summed E-state index contributed by atoms with van der Waals surface area (Å²) in [4.78, 5) is 18.4. The third-order valence-corrected chi connectivity index (χ3v) is 2.98. The van der Waals surface area contributed by atoms with Gasteiger partial charge in [0, 0.05) is 19.6 Å². The number of pyridine rings is 1. The van der Waals surface area contributed by atoms with Gasteiger partial charge in [-0.05, 0) is 38.3 Å². The molecule has 0 aromatic carbocycles. The molecule has 0 aliphatic carbocycles. The molecule has 2 heterocycles. The maximum atomic E-state index is 11.7. The topological polar surface area (TPSA) is 45.2 Å². The predicted molar refractivity (Wildman–Crippen MR) is 68.3 cm³/mol. The molecule has 1 amide bonds. The summed E-state index contributed by atoms with van der Waals surface area (Å²) in [7, 11) is 0. The van der Waals surface area contributed by atoms with Crippen LogP contribution < -0.4 is 10.2 Å². The quantitative estimate of drug-likeness (QED) is 0.866. The molecule has 4 heteroatoms. The van der Waals surface area contributed by atoms with Gasteiger partial charge in [-0.15, -0.1) is 0 Å². The second kappa shape index (κ2) is 5.66. The minimum absolute atomic E-state index is 0.0913. The van der Waals surface area contributed by atoms with E-state index in [1.165, 1.54) is 19.3 Å². The summed E-state index contributed by atoms with van der Waals surface area (Å²) in [5, 5.41) is 2.77. The molecule has 2 rings (SSSR count). The molecule has 92 valence electrons. The number of carbonyl (C=O) groups is 1. The van der Waals surface area contributed by atoms with Crippen LogP contribution in [0.25, 0.3) is 0 Å². The van der Waals surface area contributed by atoms with Gasteiger partial charge < -0.3 is 10.2 Å². The van der Waals surface area contributed by atoms with Crippen LogP contribution in [-0.4, -0.2) is 30.5 Å². The summed E-state index contributed by atoms with van der Waals surface area (Å²) in [5.41, 5.74) is 0.509. The van der Waals surface area contributed by atoms with Crippen molar-refractivity contribution < 1.29 is 4.79 Å². The van der Waals surface area contributed by atoms with Crippen LogP contribution in [0, 0.1) is 0 Å². The van der Waals surface area contributed by atoms with E-state index in [0.717, 1.165) is 18.9 Å². The van der Waals surface area contributed by atoms with E-state index in [-0.39, 0.29) is 5.91 Å². The Morgan fingerprint density at radius 1 is 1.35 bits per heavy atom. The number of rotatable bonds is 3. The minimum Gasteiger partial charge on any atom is -0.357 e. The van der Waals surface area contributed by atoms with E-state index in [1.807, 2.05) is 19.1 Å². The third-order valence-electron chi connectivity index (χ3n) is 2.98. The normalized spacial score (nSPS) is 15.7. The first-order chi connectivity index (χ1) is 8.31. The minimum atomic E-state index is -0.0913. The number of aromatic nitrogens is 1. The van der Waals surface area contributed by atoms with Crippen LogP contribution in [0.1, 0.15) is 36.7 Å². The summed E-state index contributed by atoms with van der Waals surface area (Å²) < 4.78 is 0. The Balaban J connectivity index is 2.12. The van der Waals surface area contributed by atoms with Gasteiger partial charge in [0.1, 0.15) is 11.5 Å². The highest BCUT2D eigenvalue weighted by molar-refractivity contribution is 5.92. The zero-order valence-corrected chi connectivity index (χ0v) is 10.3. The fraction of sp³-hybridized carbons (Fsp3) is 0.538. The second-order valence-electron chi connectivity index (χ2n) is 4.29. The van der Waals surface area contributed by atoms with Gasteiger partial charge in [-0.25, -0.2) is 4.98 Å². The summed E-state index contributed by atoms with van der Waals surface area (Å²) in [6, 6.07) is 5.65. The fourth-order valence-electron chi connectivity index (χ4n) is 2.10. The molecule has 0 atom stereocenters. The van der Waals surface area contributed by atoms with Crippen molar-refractivity contribution in [2.75, 3.05) is 24.5 Å². The Morgan fingerprint density at radius 2 is 2.12 bits per heavy atom. The Bertz CT molecular complexity index is 386. The van der Waals surface area contributed by atoms with Gasteiger partial charge in [0.2, 0.25) is 0 Å².